The van der Waals surface area contributed by atoms with Crippen LogP contribution < -0.4 is 0 Å². The molecule has 1 aliphatic rings. The molecule has 116 valence electrons. The molecule has 0 bridgehead atoms. The number of rotatable bonds is 4. The second-order valence-corrected chi connectivity index (χ2v) is 5.74. The summed E-state index contributed by atoms with van der Waals surface area (Å²) in [5.41, 5.74) is 0.689. The van der Waals surface area contributed by atoms with Gasteiger partial charge in [-0.15, -0.1) is 0 Å². The molecule has 1 atom stereocenters. The van der Waals surface area contributed by atoms with Gasteiger partial charge in [0.25, 0.3) is 5.91 Å². The SMILES string of the molecule is CCOC(=O)[C@H]1CCCN(C(=O)c2cccn2C(C)C)C1. The maximum absolute atomic E-state index is 12.7. The minimum absolute atomic E-state index is 0.00250. The first-order valence-corrected chi connectivity index (χ1v) is 7.67. The van der Waals surface area contributed by atoms with Crippen molar-refractivity contribution < 1.29 is 14.3 Å². The summed E-state index contributed by atoms with van der Waals surface area (Å²) in [6, 6.07) is 3.97. The molecule has 0 N–H and O–H groups in total. The molecule has 1 saturated heterocycles. The standard InChI is InChI=1S/C16H24N2O3/c1-4-21-16(20)13-7-5-9-17(11-13)15(19)14-8-6-10-18(14)12(2)3/h6,8,10,12-13H,4-5,7,9,11H2,1-3H3/t13-/m0/s1. The summed E-state index contributed by atoms with van der Waals surface area (Å²) in [4.78, 5) is 26.3. The molecule has 5 heteroatoms. The molecule has 0 radical (unpaired) electrons. The second kappa shape index (κ2) is 6.78. The number of hydrogen-bond donors (Lipinski definition) is 0. The molecular formula is C16H24N2O3. The van der Waals surface area contributed by atoms with Crippen LogP contribution in [0.3, 0.4) is 0 Å². The molecule has 0 unspecified atom stereocenters. The molecule has 1 aromatic heterocycles. The number of nitrogens with zero attached hydrogens (tertiary/aromatic N) is 2. The summed E-state index contributed by atoms with van der Waals surface area (Å²) in [6.45, 7) is 7.46. The van der Waals surface area contributed by atoms with Gasteiger partial charge in [-0.3, -0.25) is 9.59 Å². The molecule has 5 nitrogen and oxygen atoms in total. The Balaban J connectivity index is 2.08. The Labute approximate surface area is 125 Å². The van der Waals surface area contributed by atoms with Crippen LogP contribution in [-0.2, 0) is 9.53 Å². The number of esters is 1. The first-order valence-electron chi connectivity index (χ1n) is 7.67. The van der Waals surface area contributed by atoms with E-state index in [1.165, 1.54) is 0 Å². The Hall–Kier alpha value is -1.78. The average molecular weight is 292 g/mol. The summed E-state index contributed by atoms with van der Waals surface area (Å²) in [5.74, 6) is -0.373. The zero-order valence-electron chi connectivity index (χ0n) is 13.0. The number of ether oxygens (including phenoxy) is 1. The van der Waals surface area contributed by atoms with Gasteiger partial charge in [0.15, 0.2) is 0 Å². The molecule has 1 fully saturated rings. The number of amides is 1. The lowest BCUT2D eigenvalue weighted by atomic mass is 9.98. The molecule has 1 aromatic rings. The molecule has 0 aliphatic carbocycles. The predicted molar refractivity (Wildman–Crippen MR) is 80.1 cm³/mol. The Morgan fingerprint density at radius 1 is 1.43 bits per heavy atom. The van der Waals surface area contributed by atoms with Crippen molar-refractivity contribution >= 4 is 11.9 Å². The van der Waals surface area contributed by atoms with Crippen LogP contribution in [0, 0.1) is 5.92 Å². The zero-order chi connectivity index (χ0) is 15.4. The van der Waals surface area contributed by atoms with Crippen molar-refractivity contribution in [3.63, 3.8) is 0 Å². The summed E-state index contributed by atoms with van der Waals surface area (Å²) in [5, 5.41) is 0. The van der Waals surface area contributed by atoms with Gasteiger partial charge >= 0.3 is 5.97 Å². The van der Waals surface area contributed by atoms with E-state index in [4.69, 9.17) is 4.74 Å². The van der Waals surface area contributed by atoms with Crippen molar-refractivity contribution in [3.05, 3.63) is 24.0 Å². The van der Waals surface area contributed by atoms with Gasteiger partial charge in [-0.2, -0.15) is 0 Å². The van der Waals surface area contributed by atoms with E-state index in [0.29, 0.717) is 25.4 Å². The summed E-state index contributed by atoms with van der Waals surface area (Å²) in [6.07, 6.45) is 3.57. The third-order valence-electron chi connectivity index (χ3n) is 3.88. The Morgan fingerprint density at radius 3 is 2.86 bits per heavy atom. The maximum atomic E-state index is 12.7. The van der Waals surface area contributed by atoms with E-state index < -0.39 is 0 Å². The fraction of sp³-hybridized carbons (Fsp3) is 0.625. The van der Waals surface area contributed by atoms with Crippen molar-refractivity contribution in [1.29, 1.82) is 0 Å². The van der Waals surface area contributed by atoms with Gasteiger partial charge in [0.2, 0.25) is 0 Å². The van der Waals surface area contributed by atoms with Crippen molar-refractivity contribution in [2.24, 2.45) is 5.92 Å². The quantitative estimate of drug-likeness (QED) is 0.801. The number of aromatic nitrogens is 1. The predicted octanol–water partition coefficient (Wildman–Crippen LogP) is 2.48. The van der Waals surface area contributed by atoms with Gasteiger partial charge in [-0.25, -0.2) is 0 Å². The highest BCUT2D eigenvalue weighted by atomic mass is 16.5. The van der Waals surface area contributed by atoms with Crippen molar-refractivity contribution in [2.75, 3.05) is 19.7 Å². The third kappa shape index (κ3) is 3.46. The van der Waals surface area contributed by atoms with Crippen LogP contribution in [-0.4, -0.2) is 41.0 Å². The van der Waals surface area contributed by atoms with Crippen molar-refractivity contribution in [1.82, 2.24) is 9.47 Å². The lowest BCUT2D eigenvalue weighted by molar-refractivity contribution is -0.149. The molecule has 1 amide bonds. The van der Waals surface area contributed by atoms with Crippen LogP contribution in [0.4, 0.5) is 0 Å². The summed E-state index contributed by atoms with van der Waals surface area (Å²) < 4.78 is 7.05. The molecule has 0 saturated carbocycles. The van der Waals surface area contributed by atoms with Gasteiger partial charge in [-0.1, -0.05) is 0 Å². The largest absolute Gasteiger partial charge is 0.466 e. The van der Waals surface area contributed by atoms with Crippen LogP contribution >= 0.6 is 0 Å². The van der Waals surface area contributed by atoms with E-state index in [1.54, 1.807) is 11.8 Å². The number of piperidine rings is 1. The first-order chi connectivity index (χ1) is 10.0. The van der Waals surface area contributed by atoms with Crippen LogP contribution in [0.15, 0.2) is 18.3 Å². The van der Waals surface area contributed by atoms with Crippen molar-refractivity contribution in [2.45, 2.75) is 39.7 Å². The number of hydrogen-bond acceptors (Lipinski definition) is 3. The fourth-order valence-corrected chi connectivity index (χ4v) is 2.80. The smallest absolute Gasteiger partial charge is 0.310 e. The van der Waals surface area contributed by atoms with E-state index in [9.17, 15) is 9.59 Å². The Kier molecular flexibility index (Phi) is 5.04. The lowest BCUT2D eigenvalue weighted by Gasteiger charge is -2.32. The topological polar surface area (TPSA) is 51.5 Å². The number of likely N-dealkylation sites (tertiary alicyclic amines) is 1. The second-order valence-electron chi connectivity index (χ2n) is 5.74. The normalized spacial score (nSPS) is 18.9. The van der Waals surface area contributed by atoms with Crippen LogP contribution in [0.5, 0.6) is 0 Å². The molecule has 0 aromatic carbocycles. The Bertz CT molecular complexity index is 507. The molecule has 1 aliphatic heterocycles. The van der Waals surface area contributed by atoms with Crippen LogP contribution in [0.25, 0.3) is 0 Å². The van der Waals surface area contributed by atoms with Gasteiger partial charge in [0.05, 0.1) is 12.5 Å². The van der Waals surface area contributed by atoms with E-state index >= 15 is 0 Å². The lowest BCUT2D eigenvalue weighted by Crippen LogP contribution is -2.43. The zero-order valence-corrected chi connectivity index (χ0v) is 13.0. The third-order valence-corrected chi connectivity index (χ3v) is 3.88. The maximum Gasteiger partial charge on any atom is 0.310 e. The highest BCUT2D eigenvalue weighted by Crippen LogP contribution is 2.21. The fourth-order valence-electron chi connectivity index (χ4n) is 2.80. The van der Waals surface area contributed by atoms with Gasteiger partial charge in [-0.05, 0) is 45.7 Å². The van der Waals surface area contributed by atoms with Crippen LogP contribution in [0.2, 0.25) is 0 Å². The van der Waals surface area contributed by atoms with Crippen LogP contribution in [0.1, 0.15) is 50.1 Å². The van der Waals surface area contributed by atoms with Gasteiger partial charge in [0.1, 0.15) is 5.69 Å². The molecular weight excluding hydrogens is 268 g/mol. The van der Waals surface area contributed by atoms with Crippen molar-refractivity contribution in [3.8, 4) is 0 Å². The summed E-state index contributed by atoms with van der Waals surface area (Å²) >= 11 is 0. The number of carbonyl (C=O) groups excluding carboxylic acids is 2. The highest BCUT2D eigenvalue weighted by molar-refractivity contribution is 5.93. The minimum Gasteiger partial charge on any atom is -0.466 e. The monoisotopic (exact) mass is 292 g/mol. The summed E-state index contributed by atoms with van der Waals surface area (Å²) in [7, 11) is 0. The molecule has 0 spiro atoms. The molecule has 21 heavy (non-hydrogen) atoms. The average Bonchev–Trinajstić information content (AvgIpc) is 2.96. The van der Waals surface area contributed by atoms with E-state index in [0.717, 1.165) is 12.8 Å². The Morgan fingerprint density at radius 2 is 2.19 bits per heavy atom. The molecule has 2 rings (SSSR count). The minimum atomic E-state index is -0.190. The molecule has 2 heterocycles. The van der Waals surface area contributed by atoms with Gasteiger partial charge in [0, 0.05) is 25.3 Å². The first kappa shape index (κ1) is 15.6. The van der Waals surface area contributed by atoms with Gasteiger partial charge < -0.3 is 14.2 Å². The number of carbonyl (C=O) groups is 2. The highest BCUT2D eigenvalue weighted by Gasteiger charge is 2.30. The van der Waals surface area contributed by atoms with E-state index in [-0.39, 0.29) is 23.8 Å². The van der Waals surface area contributed by atoms with E-state index in [1.807, 2.05) is 22.9 Å². The van der Waals surface area contributed by atoms with E-state index in [2.05, 4.69) is 13.8 Å².